The fourth-order valence-corrected chi connectivity index (χ4v) is 3.68. The standard InChI is InChI=1S/C23H23N3O/c1-16-6-5-7-18(12-16)14-25-23(27)20-10-11-22(24-15-20)26-17(2)13-19-8-3-4-9-21(19)26/h3-12,15,17H,13-14H2,1-2H3,(H,25,27). The van der Waals surface area contributed by atoms with Gasteiger partial charge in [-0.1, -0.05) is 48.0 Å². The lowest BCUT2D eigenvalue weighted by atomic mass is 10.1. The zero-order valence-electron chi connectivity index (χ0n) is 15.6. The Labute approximate surface area is 159 Å². The van der Waals surface area contributed by atoms with E-state index in [1.54, 1.807) is 6.20 Å². The molecular weight excluding hydrogens is 334 g/mol. The maximum absolute atomic E-state index is 12.4. The molecule has 1 unspecified atom stereocenters. The van der Waals surface area contributed by atoms with Gasteiger partial charge in [-0.25, -0.2) is 4.98 Å². The molecule has 2 heterocycles. The number of pyridine rings is 1. The molecule has 1 aliphatic rings. The minimum absolute atomic E-state index is 0.106. The Kier molecular flexibility index (Phi) is 4.63. The summed E-state index contributed by atoms with van der Waals surface area (Å²) in [5, 5.41) is 2.96. The number of hydrogen-bond donors (Lipinski definition) is 1. The van der Waals surface area contributed by atoms with Gasteiger partial charge in [0.25, 0.3) is 5.91 Å². The van der Waals surface area contributed by atoms with Gasteiger partial charge in [0.05, 0.1) is 5.56 Å². The van der Waals surface area contributed by atoms with Crippen molar-refractivity contribution in [2.24, 2.45) is 0 Å². The van der Waals surface area contributed by atoms with Gasteiger partial charge < -0.3 is 10.2 Å². The van der Waals surface area contributed by atoms with Gasteiger partial charge >= 0.3 is 0 Å². The maximum atomic E-state index is 12.4. The second-order valence-electron chi connectivity index (χ2n) is 7.13. The van der Waals surface area contributed by atoms with Crippen LogP contribution in [0.1, 0.15) is 34.0 Å². The Bertz CT molecular complexity index is 965. The first-order valence-corrected chi connectivity index (χ1v) is 9.29. The number of para-hydroxylation sites is 1. The van der Waals surface area contributed by atoms with Gasteiger partial charge in [-0.3, -0.25) is 4.79 Å². The van der Waals surface area contributed by atoms with Gasteiger partial charge in [0.1, 0.15) is 5.82 Å². The molecule has 0 radical (unpaired) electrons. The molecule has 0 saturated heterocycles. The first kappa shape index (κ1) is 17.3. The predicted molar refractivity (Wildman–Crippen MR) is 108 cm³/mol. The number of amides is 1. The molecule has 27 heavy (non-hydrogen) atoms. The second-order valence-corrected chi connectivity index (χ2v) is 7.13. The highest BCUT2D eigenvalue weighted by Gasteiger charge is 2.27. The van der Waals surface area contributed by atoms with Gasteiger partial charge in [-0.05, 0) is 49.6 Å². The number of aromatic nitrogens is 1. The molecule has 2 aromatic carbocycles. The molecule has 3 aromatic rings. The fourth-order valence-electron chi connectivity index (χ4n) is 3.68. The lowest BCUT2D eigenvalue weighted by molar-refractivity contribution is 0.0950. The molecule has 0 spiro atoms. The van der Waals surface area contributed by atoms with E-state index in [4.69, 9.17) is 0 Å². The Morgan fingerprint density at radius 2 is 2.00 bits per heavy atom. The molecule has 4 nitrogen and oxygen atoms in total. The van der Waals surface area contributed by atoms with Crippen molar-refractivity contribution in [3.05, 3.63) is 89.1 Å². The number of fused-ring (bicyclic) bond motifs is 1. The average Bonchev–Trinajstić information content (AvgIpc) is 3.02. The van der Waals surface area contributed by atoms with Gasteiger partial charge in [-0.2, -0.15) is 0 Å². The number of carbonyl (C=O) groups excluding carboxylic acids is 1. The third-order valence-corrected chi connectivity index (χ3v) is 5.00. The Balaban J connectivity index is 1.47. The zero-order valence-corrected chi connectivity index (χ0v) is 15.6. The van der Waals surface area contributed by atoms with Gasteiger partial charge in [0.15, 0.2) is 0 Å². The minimum Gasteiger partial charge on any atom is -0.348 e. The first-order valence-electron chi connectivity index (χ1n) is 9.29. The number of nitrogens with one attached hydrogen (secondary N) is 1. The molecule has 1 N–H and O–H groups in total. The van der Waals surface area contributed by atoms with E-state index in [0.717, 1.165) is 17.8 Å². The largest absolute Gasteiger partial charge is 0.348 e. The van der Waals surface area contributed by atoms with E-state index in [1.807, 2.05) is 37.3 Å². The molecule has 1 atom stereocenters. The van der Waals surface area contributed by atoms with Crippen LogP contribution in [-0.4, -0.2) is 16.9 Å². The van der Waals surface area contributed by atoms with Crippen LogP contribution in [0, 0.1) is 6.92 Å². The number of carbonyl (C=O) groups is 1. The van der Waals surface area contributed by atoms with Crippen LogP contribution >= 0.6 is 0 Å². The summed E-state index contributed by atoms with van der Waals surface area (Å²) in [4.78, 5) is 19.2. The predicted octanol–water partition coefficient (Wildman–Crippen LogP) is 4.40. The van der Waals surface area contributed by atoms with Crippen LogP contribution in [0.2, 0.25) is 0 Å². The molecule has 0 saturated carbocycles. The first-order chi connectivity index (χ1) is 13.1. The fraction of sp³-hybridized carbons (Fsp3) is 0.217. The molecule has 1 aliphatic heterocycles. The second kappa shape index (κ2) is 7.23. The third kappa shape index (κ3) is 3.56. The van der Waals surface area contributed by atoms with E-state index >= 15 is 0 Å². The van der Waals surface area contributed by atoms with Crippen molar-refractivity contribution >= 4 is 17.4 Å². The third-order valence-electron chi connectivity index (χ3n) is 5.00. The maximum Gasteiger partial charge on any atom is 0.253 e. The van der Waals surface area contributed by atoms with Crippen LogP contribution in [-0.2, 0) is 13.0 Å². The summed E-state index contributed by atoms with van der Waals surface area (Å²) in [7, 11) is 0. The van der Waals surface area contributed by atoms with Gasteiger partial charge in [0.2, 0.25) is 0 Å². The SMILES string of the molecule is Cc1cccc(CNC(=O)c2ccc(N3c4ccccc4CC3C)nc2)c1. The molecular formula is C23H23N3O. The van der Waals surface area contributed by atoms with E-state index in [9.17, 15) is 4.79 Å². The molecule has 4 rings (SSSR count). The highest BCUT2D eigenvalue weighted by atomic mass is 16.1. The number of rotatable bonds is 4. The van der Waals surface area contributed by atoms with Crippen molar-refractivity contribution in [3.63, 3.8) is 0 Å². The highest BCUT2D eigenvalue weighted by molar-refractivity contribution is 5.94. The summed E-state index contributed by atoms with van der Waals surface area (Å²) < 4.78 is 0. The molecule has 0 aliphatic carbocycles. The lowest BCUT2D eigenvalue weighted by Crippen LogP contribution is -2.26. The van der Waals surface area contributed by atoms with Crippen LogP contribution < -0.4 is 10.2 Å². The average molecular weight is 357 g/mol. The molecule has 0 bridgehead atoms. The van der Waals surface area contributed by atoms with Crippen molar-refractivity contribution in [1.82, 2.24) is 10.3 Å². The van der Waals surface area contributed by atoms with Crippen LogP contribution in [0.15, 0.2) is 66.9 Å². The topological polar surface area (TPSA) is 45.2 Å². The Morgan fingerprint density at radius 1 is 1.15 bits per heavy atom. The molecule has 136 valence electrons. The summed E-state index contributed by atoms with van der Waals surface area (Å²) >= 11 is 0. The lowest BCUT2D eigenvalue weighted by Gasteiger charge is -2.23. The smallest absolute Gasteiger partial charge is 0.253 e. The van der Waals surface area contributed by atoms with E-state index in [1.165, 1.54) is 16.8 Å². The highest BCUT2D eigenvalue weighted by Crippen LogP contribution is 2.36. The molecule has 4 heteroatoms. The van der Waals surface area contributed by atoms with Crippen molar-refractivity contribution in [2.45, 2.75) is 32.9 Å². The van der Waals surface area contributed by atoms with Gasteiger partial charge in [0, 0.05) is 24.5 Å². The number of nitrogens with zero attached hydrogens (tertiary/aromatic N) is 2. The van der Waals surface area contributed by atoms with Crippen LogP contribution in [0.5, 0.6) is 0 Å². The van der Waals surface area contributed by atoms with E-state index in [0.29, 0.717) is 18.2 Å². The van der Waals surface area contributed by atoms with E-state index in [-0.39, 0.29) is 5.91 Å². The van der Waals surface area contributed by atoms with E-state index in [2.05, 4.69) is 52.5 Å². The summed E-state index contributed by atoms with van der Waals surface area (Å²) in [5.41, 5.74) is 5.40. The van der Waals surface area contributed by atoms with Crippen molar-refractivity contribution in [1.29, 1.82) is 0 Å². The van der Waals surface area contributed by atoms with Crippen molar-refractivity contribution in [3.8, 4) is 0 Å². The van der Waals surface area contributed by atoms with Crippen LogP contribution in [0.3, 0.4) is 0 Å². The monoisotopic (exact) mass is 357 g/mol. The molecule has 1 amide bonds. The zero-order chi connectivity index (χ0) is 18.8. The quantitative estimate of drug-likeness (QED) is 0.753. The summed E-state index contributed by atoms with van der Waals surface area (Å²) in [6.45, 7) is 4.76. The van der Waals surface area contributed by atoms with Crippen molar-refractivity contribution < 1.29 is 4.79 Å². The van der Waals surface area contributed by atoms with Gasteiger partial charge in [-0.15, -0.1) is 0 Å². The molecule has 1 aromatic heterocycles. The van der Waals surface area contributed by atoms with E-state index < -0.39 is 0 Å². The number of hydrogen-bond acceptors (Lipinski definition) is 3. The van der Waals surface area contributed by atoms with Crippen LogP contribution in [0.25, 0.3) is 0 Å². The Hall–Kier alpha value is -3.14. The number of aryl methyl sites for hydroxylation is 1. The minimum atomic E-state index is -0.106. The number of benzene rings is 2. The summed E-state index contributed by atoms with van der Waals surface area (Å²) in [5.74, 6) is 0.771. The summed E-state index contributed by atoms with van der Waals surface area (Å²) in [6, 6.07) is 20.7. The van der Waals surface area contributed by atoms with Crippen molar-refractivity contribution in [2.75, 3.05) is 4.90 Å². The van der Waals surface area contributed by atoms with Crippen LogP contribution in [0.4, 0.5) is 11.5 Å². The summed E-state index contributed by atoms with van der Waals surface area (Å²) in [6.07, 6.45) is 2.67. The molecule has 0 fully saturated rings. The number of anilines is 2. The Morgan fingerprint density at radius 3 is 2.78 bits per heavy atom. The normalized spacial score (nSPS) is 15.5.